The second-order valence-corrected chi connectivity index (χ2v) is 11.1. The molecule has 1 N–H and O–H groups in total. The third-order valence-electron chi connectivity index (χ3n) is 6.74. The van der Waals surface area contributed by atoms with Crippen molar-refractivity contribution in [2.45, 2.75) is 86.0 Å². The summed E-state index contributed by atoms with van der Waals surface area (Å²) in [6.07, 6.45) is -1.26. The van der Waals surface area contributed by atoms with Crippen molar-refractivity contribution in [3.8, 4) is 0 Å². The van der Waals surface area contributed by atoms with Gasteiger partial charge in [-0.25, -0.2) is 4.79 Å². The van der Waals surface area contributed by atoms with Crippen molar-refractivity contribution in [2.24, 2.45) is 16.2 Å². The molecule has 0 aliphatic carbocycles. The van der Waals surface area contributed by atoms with Crippen LogP contribution >= 0.6 is 0 Å². The van der Waals surface area contributed by atoms with Crippen LogP contribution < -0.4 is 0 Å². The van der Waals surface area contributed by atoms with E-state index in [-0.39, 0.29) is 39.1 Å². The molecule has 1 fully saturated rings. The molecule has 0 saturated carbocycles. The molecule has 1 aliphatic rings. The van der Waals surface area contributed by atoms with E-state index in [1.54, 1.807) is 34.6 Å². The van der Waals surface area contributed by atoms with E-state index in [1.807, 2.05) is 30.3 Å². The molecule has 2 rings (SSSR count). The van der Waals surface area contributed by atoms with E-state index in [2.05, 4.69) is 0 Å². The quantitative estimate of drug-likeness (QED) is 0.306. The van der Waals surface area contributed by atoms with E-state index in [4.69, 9.17) is 18.9 Å². The molecule has 0 spiro atoms. The number of aliphatic hydroxyl groups excluding tert-OH is 1. The van der Waals surface area contributed by atoms with Gasteiger partial charge < -0.3 is 24.1 Å². The minimum absolute atomic E-state index is 0.00879. The summed E-state index contributed by atoms with van der Waals surface area (Å²) < 4.78 is 21.3. The lowest BCUT2D eigenvalue weighted by Crippen LogP contribution is -2.45. The predicted octanol–water partition coefficient (Wildman–Crippen LogP) is 3.74. The summed E-state index contributed by atoms with van der Waals surface area (Å²) in [7, 11) is 0. The Bertz CT molecular complexity index is 956. The number of cyclic esters (lactones) is 1. The van der Waals surface area contributed by atoms with Crippen LogP contribution in [0.3, 0.4) is 0 Å². The molecular formula is C28H40O9. The minimum Gasteiger partial charge on any atom is -0.463 e. The monoisotopic (exact) mass is 520 g/mol. The highest BCUT2D eigenvalue weighted by Crippen LogP contribution is 2.46. The average Bonchev–Trinajstić information content (AvgIpc) is 3.24. The average molecular weight is 521 g/mol. The van der Waals surface area contributed by atoms with E-state index >= 15 is 0 Å². The third-order valence-corrected chi connectivity index (χ3v) is 6.74. The van der Waals surface area contributed by atoms with Crippen molar-refractivity contribution in [1.82, 2.24) is 0 Å². The molecule has 0 amide bonds. The lowest BCUT2D eigenvalue weighted by atomic mass is 9.65. The van der Waals surface area contributed by atoms with E-state index in [0.717, 1.165) is 5.56 Å². The van der Waals surface area contributed by atoms with Crippen LogP contribution in [0, 0.1) is 16.2 Å². The van der Waals surface area contributed by atoms with Gasteiger partial charge in [0.1, 0.15) is 13.2 Å². The van der Waals surface area contributed by atoms with Gasteiger partial charge in [-0.3, -0.25) is 14.4 Å². The highest BCUT2D eigenvalue weighted by Gasteiger charge is 2.50. The summed E-state index contributed by atoms with van der Waals surface area (Å²) in [5.74, 6) is -2.36. The molecule has 1 saturated heterocycles. The number of ether oxygens (including phenoxy) is 4. The van der Waals surface area contributed by atoms with Crippen LogP contribution in [-0.2, 0) is 44.7 Å². The van der Waals surface area contributed by atoms with Gasteiger partial charge in [-0.2, -0.15) is 0 Å². The molecule has 1 heterocycles. The number of carbonyl (C=O) groups is 4. The molecule has 0 radical (unpaired) electrons. The number of hydrogen-bond donors (Lipinski definition) is 1. The zero-order valence-electron chi connectivity index (χ0n) is 22.7. The first kappa shape index (κ1) is 30.3. The van der Waals surface area contributed by atoms with Crippen LogP contribution in [0.15, 0.2) is 30.3 Å². The molecule has 0 aromatic heterocycles. The topological polar surface area (TPSA) is 125 Å². The molecule has 1 aromatic carbocycles. The molecule has 4 unspecified atom stereocenters. The minimum atomic E-state index is -1.32. The summed E-state index contributed by atoms with van der Waals surface area (Å²) in [4.78, 5) is 51.5. The van der Waals surface area contributed by atoms with Crippen molar-refractivity contribution >= 4 is 23.9 Å². The van der Waals surface area contributed by atoms with E-state index < -0.39 is 52.3 Å². The van der Waals surface area contributed by atoms with Crippen molar-refractivity contribution < 1.29 is 43.2 Å². The Morgan fingerprint density at radius 2 is 1.65 bits per heavy atom. The summed E-state index contributed by atoms with van der Waals surface area (Å²) in [6, 6.07) is 9.25. The summed E-state index contributed by atoms with van der Waals surface area (Å²) in [6.45, 7) is 9.97. The fraction of sp³-hybridized carbons (Fsp3) is 0.643. The fourth-order valence-corrected chi connectivity index (χ4v) is 4.60. The first-order valence-corrected chi connectivity index (χ1v) is 12.7. The van der Waals surface area contributed by atoms with Crippen LogP contribution in [0.2, 0.25) is 0 Å². The van der Waals surface area contributed by atoms with Gasteiger partial charge in [0.2, 0.25) is 6.10 Å². The number of rotatable bonds is 13. The lowest BCUT2D eigenvalue weighted by molar-refractivity contribution is -0.175. The smallest absolute Gasteiger partial charge is 0.347 e. The number of carbonyl (C=O) groups excluding carboxylic acids is 4. The fourth-order valence-electron chi connectivity index (χ4n) is 4.60. The summed E-state index contributed by atoms with van der Waals surface area (Å²) in [5, 5.41) is 9.65. The zero-order valence-corrected chi connectivity index (χ0v) is 22.7. The van der Waals surface area contributed by atoms with Gasteiger partial charge in [0.25, 0.3) is 0 Å². The molecule has 37 heavy (non-hydrogen) atoms. The Morgan fingerprint density at radius 3 is 2.19 bits per heavy atom. The van der Waals surface area contributed by atoms with Crippen molar-refractivity contribution in [3.05, 3.63) is 35.9 Å². The van der Waals surface area contributed by atoms with Crippen LogP contribution in [0.1, 0.15) is 72.8 Å². The zero-order chi connectivity index (χ0) is 27.9. The van der Waals surface area contributed by atoms with Crippen molar-refractivity contribution in [2.75, 3.05) is 13.2 Å². The predicted molar refractivity (Wildman–Crippen MR) is 134 cm³/mol. The Morgan fingerprint density at radius 1 is 1.00 bits per heavy atom. The lowest BCUT2D eigenvalue weighted by Gasteiger charge is -2.39. The Balaban J connectivity index is 2.25. The third kappa shape index (κ3) is 8.28. The van der Waals surface area contributed by atoms with Gasteiger partial charge in [-0.05, 0) is 59.4 Å². The van der Waals surface area contributed by atoms with Crippen LogP contribution in [0.25, 0.3) is 0 Å². The second kappa shape index (κ2) is 12.5. The molecule has 1 aliphatic heterocycles. The number of hydrogen-bond acceptors (Lipinski definition) is 9. The molecule has 9 nitrogen and oxygen atoms in total. The van der Waals surface area contributed by atoms with Crippen molar-refractivity contribution in [1.29, 1.82) is 0 Å². The first-order chi connectivity index (χ1) is 17.2. The summed E-state index contributed by atoms with van der Waals surface area (Å²) in [5.41, 5.74) is -2.76. The van der Waals surface area contributed by atoms with Crippen LogP contribution in [0.4, 0.5) is 0 Å². The van der Waals surface area contributed by atoms with Gasteiger partial charge in [0.15, 0.2) is 0 Å². The SMILES string of the molecule is CCC(C)(CC(C)(CC(C)(C)C(=O)OCc1ccccc1)C(=O)OCC(C)O)C(=O)OC1CCOC1=O. The Labute approximate surface area is 218 Å². The number of benzene rings is 1. The molecule has 206 valence electrons. The first-order valence-electron chi connectivity index (χ1n) is 12.7. The molecule has 9 heteroatoms. The molecule has 0 bridgehead atoms. The summed E-state index contributed by atoms with van der Waals surface area (Å²) >= 11 is 0. The number of aliphatic hydroxyl groups is 1. The van der Waals surface area contributed by atoms with Crippen LogP contribution in [-0.4, -0.2) is 54.4 Å². The van der Waals surface area contributed by atoms with Gasteiger partial charge in [0, 0.05) is 6.42 Å². The van der Waals surface area contributed by atoms with E-state index in [9.17, 15) is 24.3 Å². The van der Waals surface area contributed by atoms with E-state index in [1.165, 1.54) is 6.92 Å². The maximum atomic E-state index is 13.4. The molecular weight excluding hydrogens is 480 g/mol. The van der Waals surface area contributed by atoms with E-state index in [0.29, 0.717) is 6.42 Å². The number of esters is 4. The molecule has 4 atom stereocenters. The van der Waals surface area contributed by atoms with Crippen LogP contribution in [0.5, 0.6) is 0 Å². The largest absolute Gasteiger partial charge is 0.463 e. The van der Waals surface area contributed by atoms with Crippen molar-refractivity contribution in [3.63, 3.8) is 0 Å². The van der Waals surface area contributed by atoms with Gasteiger partial charge in [0.05, 0.1) is 29.0 Å². The van der Waals surface area contributed by atoms with Gasteiger partial charge in [-0.15, -0.1) is 0 Å². The highest BCUT2D eigenvalue weighted by atomic mass is 16.6. The normalized spacial score (nSPS) is 19.6. The molecule has 1 aromatic rings. The standard InChI is InChI=1S/C28H40O9/c1-7-27(5,25(33)37-21-13-14-34-22(21)30)18-28(6,24(32)35-15-19(2)29)17-26(3,4)23(31)36-16-20-11-9-8-10-12-20/h8-12,19,21,29H,7,13-18H2,1-6H3. The maximum Gasteiger partial charge on any atom is 0.347 e. The van der Waals surface area contributed by atoms with Gasteiger partial charge in [-0.1, -0.05) is 37.3 Å². The van der Waals surface area contributed by atoms with Gasteiger partial charge >= 0.3 is 23.9 Å². The maximum absolute atomic E-state index is 13.4. The highest BCUT2D eigenvalue weighted by molar-refractivity contribution is 5.85. The Hall–Kier alpha value is -2.94. The Kier molecular flexibility index (Phi) is 10.3. The second-order valence-electron chi connectivity index (χ2n) is 11.1.